The van der Waals surface area contributed by atoms with Gasteiger partial charge in [-0.05, 0) is 38.1 Å². The molecule has 4 heteroatoms. The van der Waals surface area contributed by atoms with Crippen molar-refractivity contribution in [2.24, 2.45) is 0 Å². The van der Waals surface area contributed by atoms with Crippen molar-refractivity contribution < 1.29 is 9.90 Å². The van der Waals surface area contributed by atoms with Crippen molar-refractivity contribution in [1.29, 1.82) is 0 Å². The number of phenolic OH excluding ortho intramolecular Hbond substituents is 1. The summed E-state index contributed by atoms with van der Waals surface area (Å²) in [5.74, 6) is 0.0391. The Kier molecular flexibility index (Phi) is 3.74. The van der Waals surface area contributed by atoms with Crippen LogP contribution in [0.15, 0.2) is 30.0 Å². The second kappa shape index (κ2) is 4.84. The number of anilines is 1. The number of hydrogen-bond acceptors (Lipinski definition) is 3. The van der Waals surface area contributed by atoms with Crippen molar-refractivity contribution in [3.05, 3.63) is 35.0 Å². The van der Waals surface area contributed by atoms with E-state index in [4.69, 9.17) is 11.6 Å². The Balaban J connectivity index is 2.89. The second-order valence-corrected chi connectivity index (χ2v) is 3.66. The molecule has 0 saturated carbocycles. The third-order valence-corrected chi connectivity index (χ3v) is 1.95. The first-order valence-electron chi connectivity index (χ1n) is 4.43. The van der Waals surface area contributed by atoms with Crippen LogP contribution in [-0.2, 0) is 4.79 Å². The molecule has 0 unspecified atom stereocenters. The van der Waals surface area contributed by atoms with Crippen molar-refractivity contribution in [1.82, 2.24) is 0 Å². The summed E-state index contributed by atoms with van der Waals surface area (Å²) in [6, 6.07) is 4.67. The van der Waals surface area contributed by atoms with Gasteiger partial charge in [-0.1, -0.05) is 11.6 Å². The Morgan fingerprint density at radius 2 is 2.13 bits per heavy atom. The van der Waals surface area contributed by atoms with Crippen LogP contribution >= 0.6 is 11.6 Å². The summed E-state index contributed by atoms with van der Waals surface area (Å²) in [7, 11) is 0. The van der Waals surface area contributed by atoms with Crippen LogP contribution in [0.2, 0.25) is 5.02 Å². The van der Waals surface area contributed by atoms with Gasteiger partial charge in [0.1, 0.15) is 5.75 Å². The zero-order chi connectivity index (χ0) is 11.4. The zero-order valence-corrected chi connectivity index (χ0v) is 9.30. The van der Waals surface area contributed by atoms with Gasteiger partial charge in [0, 0.05) is 10.7 Å². The van der Waals surface area contributed by atoms with Gasteiger partial charge < -0.3 is 10.4 Å². The maximum absolute atomic E-state index is 10.8. The molecule has 0 atom stereocenters. The van der Waals surface area contributed by atoms with E-state index in [9.17, 15) is 9.90 Å². The van der Waals surface area contributed by atoms with E-state index < -0.39 is 0 Å². The first kappa shape index (κ1) is 11.6. The molecule has 0 radical (unpaired) electrons. The molecule has 2 N–H and O–H groups in total. The summed E-state index contributed by atoms with van der Waals surface area (Å²) < 4.78 is 0. The van der Waals surface area contributed by atoms with Crippen LogP contribution < -0.4 is 5.32 Å². The fourth-order valence-corrected chi connectivity index (χ4v) is 1.33. The van der Waals surface area contributed by atoms with Crippen LogP contribution in [0.1, 0.15) is 13.8 Å². The second-order valence-electron chi connectivity index (χ2n) is 3.22. The van der Waals surface area contributed by atoms with Gasteiger partial charge >= 0.3 is 0 Å². The molecule has 1 aromatic carbocycles. The van der Waals surface area contributed by atoms with Gasteiger partial charge in [0.25, 0.3) is 0 Å². The third-order valence-electron chi connectivity index (χ3n) is 1.71. The number of halogens is 1. The minimum Gasteiger partial charge on any atom is -0.506 e. The van der Waals surface area contributed by atoms with E-state index in [1.807, 2.05) is 0 Å². The van der Waals surface area contributed by atoms with Gasteiger partial charge in [-0.3, -0.25) is 4.79 Å². The molecule has 3 nitrogen and oxygen atoms in total. The van der Waals surface area contributed by atoms with Gasteiger partial charge in [-0.25, -0.2) is 0 Å². The van der Waals surface area contributed by atoms with E-state index in [0.717, 1.165) is 0 Å². The smallest absolute Gasteiger partial charge is 0.154 e. The summed E-state index contributed by atoms with van der Waals surface area (Å²) in [6.45, 7) is 3.20. The number of carbonyl (C=O) groups is 1. The summed E-state index contributed by atoms with van der Waals surface area (Å²) in [5, 5.41) is 12.9. The first-order valence-corrected chi connectivity index (χ1v) is 4.81. The molecule has 1 rings (SSSR count). The van der Waals surface area contributed by atoms with Crippen molar-refractivity contribution >= 4 is 23.1 Å². The maximum Gasteiger partial charge on any atom is 0.154 e. The number of phenols is 1. The Hall–Kier alpha value is -1.48. The highest BCUT2D eigenvalue weighted by atomic mass is 35.5. The lowest BCUT2D eigenvalue weighted by Gasteiger charge is -2.08. The van der Waals surface area contributed by atoms with Crippen molar-refractivity contribution in [2.75, 3.05) is 5.32 Å². The quantitative estimate of drug-likeness (QED) is 0.614. The molecule has 0 aliphatic heterocycles. The number of benzene rings is 1. The number of carbonyl (C=O) groups excluding carboxylic acids is 1. The number of hydrogen-bond donors (Lipinski definition) is 2. The molecule has 0 saturated heterocycles. The topological polar surface area (TPSA) is 49.3 Å². The Morgan fingerprint density at radius 1 is 1.47 bits per heavy atom. The molecule has 15 heavy (non-hydrogen) atoms. The summed E-state index contributed by atoms with van der Waals surface area (Å²) >= 11 is 5.77. The maximum atomic E-state index is 10.8. The number of aromatic hydroxyl groups is 1. The molecule has 0 aliphatic rings. The van der Waals surface area contributed by atoms with E-state index in [2.05, 4.69) is 5.32 Å². The molecule has 0 aromatic heterocycles. The molecule has 1 aromatic rings. The van der Waals surface area contributed by atoms with Gasteiger partial charge in [0.2, 0.25) is 0 Å². The highest BCUT2D eigenvalue weighted by Crippen LogP contribution is 2.27. The molecule has 0 amide bonds. The van der Waals surface area contributed by atoms with Crippen LogP contribution in [0.4, 0.5) is 5.69 Å². The van der Waals surface area contributed by atoms with E-state index in [-0.39, 0.29) is 11.5 Å². The minimum atomic E-state index is -0.0542. The molecule has 0 aliphatic carbocycles. The monoisotopic (exact) mass is 225 g/mol. The van der Waals surface area contributed by atoms with Gasteiger partial charge in [-0.15, -0.1) is 0 Å². The fraction of sp³-hybridized carbons (Fsp3) is 0.182. The highest BCUT2D eigenvalue weighted by Gasteiger charge is 2.02. The molecular weight excluding hydrogens is 214 g/mol. The summed E-state index contributed by atoms with van der Waals surface area (Å²) in [4.78, 5) is 10.8. The zero-order valence-electron chi connectivity index (χ0n) is 8.54. The van der Waals surface area contributed by atoms with Gasteiger partial charge in [-0.2, -0.15) is 0 Å². The Bertz CT molecular complexity index is 413. The number of rotatable bonds is 3. The van der Waals surface area contributed by atoms with Crippen LogP contribution in [0, 0.1) is 0 Å². The predicted molar refractivity (Wildman–Crippen MR) is 61.2 cm³/mol. The lowest BCUT2D eigenvalue weighted by molar-refractivity contribution is -0.112. The lowest BCUT2D eigenvalue weighted by Crippen LogP contribution is -1.98. The molecule has 0 fully saturated rings. The Morgan fingerprint density at radius 3 is 2.73 bits per heavy atom. The number of nitrogens with one attached hydrogen (secondary N) is 1. The SMILES string of the molecule is CC(=O)C=C(C)Nc1cc(Cl)ccc1O. The average Bonchev–Trinajstić information content (AvgIpc) is 2.10. The summed E-state index contributed by atoms with van der Waals surface area (Å²) in [5.41, 5.74) is 1.14. The fourth-order valence-electron chi connectivity index (χ4n) is 1.16. The number of allylic oxidation sites excluding steroid dienone is 2. The highest BCUT2D eigenvalue weighted by molar-refractivity contribution is 6.30. The van der Waals surface area contributed by atoms with E-state index in [1.165, 1.54) is 19.1 Å². The van der Waals surface area contributed by atoms with Gasteiger partial charge in [0.05, 0.1) is 5.69 Å². The normalized spacial score (nSPS) is 11.3. The van der Waals surface area contributed by atoms with Gasteiger partial charge in [0.15, 0.2) is 5.78 Å². The van der Waals surface area contributed by atoms with Crippen LogP contribution in [-0.4, -0.2) is 10.9 Å². The minimum absolute atomic E-state index is 0.0542. The van der Waals surface area contributed by atoms with E-state index >= 15 is 0 Å². The van der Waals surface area contributed by atoms with Crippen molar-refractivity contribution in [2.45, 2.75) is 13.8 Å². The summed E-state index contributed by atoms with van der Waals surface area (Å²) in [6.07, 6.45) is 1.44. The predicted octanol–water partition coefficient (Wildman–Crippen LogP) is 2.95. The average molecular weight is 226 g/mol. The van der Waals surface area contributed by atoms with Crippen molar-refractivity contribution in [3.8, 4) is 5.75 Å². The molecule has 80 valence electrons. The molecular formula is C11H12ClNO2. The Labute approximate surface area is 93.4 Å². The first-order chi connectivity index (χ1) is 6.99. The number of ketones is 1. The molecule has 0 heterocycles. The molecule has 0 spiro atoms. The lowest BCUT2D eigenvalue weighted by atomic mass is 10.2. The standard InChI is InChI=1S/C11H12ClNO2/c1-7(5-8(2)14)13-10-6-9(12)3-4-11(10)15/h3-6,13,15H,1-2H3. The largest absolute Gasteiger partial charge is 0.506 e. The van der Waals surface area contributed by atoms with Crippen LogP contribution in [0.25, 0.3) is 0 Å². The van der Waals surface area contributed by atoms with Crippen molar-refractivity contribution in [3.63, 3.8) is 0 Å². The molecule has 0 bridgehead atoms. The van der Waals surface area contributed by atoms with Crippen LogP contribution in [0.5, 0.6) is 5.75 Å². The third kappa shape index (κ3) is 3.64. The van der Waals surface area contributed by atoms with Crippen LogP contribution in [0.3, 0.4) is 0 Å². The van der Waals surface area contributed by atoms with E-state index in [0.29, 0.717) is 16.4 Å². The van der Waals surface area contributed by atoms with E-state index in [1.54, 1.807) is 19.1 Å².